The molecule has 0 bridgehead atoms. The largest absolute Gasteiger partial charge is 0.497 e. The standard InChI is InChI=1S/C28H34Cl2N2O4/c1-19(33)36-28-11-10-22(32(3)26(34)15-20-8-9-24(29)25(30)14-20)17-27(28,12-13-31(2)18-28)21-6-5-7-23(16-21)35-4/h5-9,14,16,22H,10-13,15,17-18H2,1-4H3/t22-,27+,28+/m1/s1. The van der Waals surface area contributed by atoms with Gasteiger partial charge in [0.15, 0.2) is 0 Å². The summed E-state index contributed by atoms with van der Waals surface area (Å²) in [5, 5.41) is 0.912. The van der Waals surface area contributed by atoms with E-state index in [1.54, 1.807) is 19.2 Å². The number of piperidine rings is 1. The first kappa shape index (κ1) is 26.8. The third-order valence-electron chi connectivity index (χ3n) is 8.03. The molecular weight excluding hydrogens is 499 g/mol. The fraction of sp³-hybridized carbons (Fsp3) is 0.500. The van der Waals surface area contributed by atoms with E-state index in [1.807, 2.05) is 30.1 Å². The monoisotopic (exact) mass is 532 g/mol. The summed E-state index contributed by atoms with van der Waals surface area (Å²) in [6.45, 7) is 3.00. The Balaban J connectivity index is 1.68. The minimum atomic E-state index is -0.678. The van der Waals surface area contributed by atoms with Crippen molar-refractivity contribution in [2.75, 3.05) is 34.3 Å². The number of ether oxygens (including phenoxy) is 2. The molecule has 0 N–H and O–H groups in total. The zero-order valence-corrected chi connectivity index (χ0v) is 22.9. The number of nitrogens with zero attached hydrogens (tertiary/aromatic N) is 2. The van der Waals surface area contributed by atoms with Crippen LogP contribution in [-0.2, 0) is 26.2 Å². The van der Waals surface area contributed by atoms with E-state index in [4.69, 9.17) is 32.7 Å². The van der Waals surface area contributed by atoms with Crippen LogP contribution in [0, 0.1) is 0 Å². The molecule has 1 amide bonds. The molecule has 4 rings (SSSR count). The first-order valence-corrected chi connectivity index (χ1v) is 13.1. The number of likely N-dealkylation sites (N-methyl/N-ethyl adjacent to an activating group) is 2. The third-order valence-corrected chi connectivity index (χ3v) is 8.76. The summed E-state index contributed by atoms with van der Waals surface area (Å²) in [6.07, 6.45) is 3.17. The molecule has 1 saturated carbocycles. The number of hydrogen-bond donors (Lipinski definition) is 0. The number of methoxy groups -OCH3 is 1. The highest BCUT2D eigenvalue weighted by atomic mass is 35.5. The number of likely N-dealkylation sites (tertiary alicyclic amines) is 1. The van der Waals surface area contributed by atoms with Crippen molar-refractivity contribution in [3.05, 3.63) is 63.6 Å². The Hall–Kier alpha value is -2.28. The number of fused-ring (bicyclic) bond motifs is 1. The van der Waals surface area contributed by atoms with Gasteiger partial charge in [-0.1, -0.05) is 41.4 Å². The molecule has 2 aromatic rings. The van der Waals surface area contributed by atoms with Crippen LogP contribution in [0.25, 0.3) is 0 Å². The van der Waals surface area contributed by atoms with Crippen LogP contribution in [0.4, 0.5) is 0 Å². The van der Waals surface area contributed by atoms with Crippen LogP contribution in [0.15, 0.2) is 42.5 Å². The number of rotatable bonds is 6. The smallest absolute Gasteiger partial charge is 0.303 e. The quantitative estimate of drug-likeness (QED) is 0.482. The lowest BCUT2D eigenvalue weighted by Gasteiger charge is -2.59. The minimum absolute atomic E-state index is 0.00133. The highest BCUT2D eigenvalue weighted by molar-refractivity contribution is 6.42. The Labute approximate surface area is 223 Å². The Morgan fingerprint density at radius 1 is 1.14 bits per heavy atom. The summed E-state index contributed by atoms with van der Waals surface area (Å²) in [5.41, 5.74) is 0.794. The van der Waals surface area contributed by atoms with Crippen LogP contribution in [0.2, 0.25) is 10.0 Å². The van der Waals surface area contributed by atoms with Gasteiger partial charge in [0.05, 0.1) is 23.6 Å². The van der Waals surface area contributed by atoms with E-state index in [9.17, 15) is 9.59 Å². The third kappa shape index (κ3) is 5.09. The van der Waals surface area contributed by atoms with Crippen molar-refractivity contribution < 1.29 is 19.1 Å². The predicted molar refractivity (Wildman–Crippen MR) is 142 cm³/mol. The van der Waals surface area contributed by atoms with Gasteiger partial charge in [0.2, 0.25) is 5.91 Å². The van der Waals surface area contributed by atoms with Crippen LogP contribution in [0.5, 0.6) is 5.75 Å². The van der Waals surface area contributed by atoms with E-state index in [-0.39, 0.29) is 24.3 Å². The summed E-state index contributed by atoms with van der Waals surface area (Å²) in [5.74, 6) is 0.510. The van der Waals surface area contributed by atoms with E-state index in [1.165, 1.54) is 6.92 Å². The van der Waals surface area contributed by atoms with Crippen molar-refractivity contribution in [2.45, 2.75) is 56.1 Å². The molecule has 1 heterocycles. The number of benzene rings is 2. The molecule has 194 valence electrons. The van der Waals surface area contributed by atoms with Crippen LogP contribution in [-0.4, -0.2) is 67.6 Å². The molecule has 0 spiro atoms. The molecule has 1 aliphatic heterocycles. The van der Waals surface area contributed by atoms with E-state index >= 15 is 0 Å². The molecule has 2 fully saturated rings. The topological polar surface area (TPSA) is 59.1 Å². The number of halogens is 2. The minimum Gasteiger partial charge on any atom is -0.497 e. The van der Waals surface area contributed by atoms with Crippen LogP contribution in [0.3, 0.4) is 0 Å². The van der Waals surface area contributed by atoms with Crippen molar-refractivity contribution >= 4 is 35.1 Å². The van der Waals surface area contributed by atoms with Gasteiger partial charge >= 0.3 is 5.97 Å². The van der Waals surface area contributed by atoms with Crippen molar-refractivity contribution in [2.24, 2.45) is 0 Å². The SMILES string of the molecule is COc1cccc([C@@]23CCN(C)C[C@@]2(OC(C)=O)CC[C@@H](N(C)C(=O)Cc2ccc(Cl)c(Cl)c2)C3)c1. The molecule has 8 heteroatoms. The zero-order valence-electron chi connectivity index (χ0n) is 21.4. The van der Waals surface area contributed by atoms with Crippen molar-refractivity contribution in [3.63, 3.8) is 0 Å². The van der Waals surface area contributed by atoms with E-state index in [0.717, 1.165) is 36.3 Å². The maximum atomic E-state index is 13.4. The lowest BCUT2D eigenvalue weighted by Crippen LogP contribution is -2.68. The highest BCUT2D eigenvalue weighted by Crippen LogP contribution is 2.54. The second-order valence-electron chi connectivity index (χ2n) is 10.2. The highest BCUT2D eigenvalue weighted by Gasteiger charge is 2.61. The molecule has 0 aromatic heterocycles. The summed E-state index contributed by atoms with van der Waals surface area (Å²) in [6, 6.07) is 13.4. The molecule has 36 heavy (non-hydrogen) atoms. The molecule has 1 aliphatic carbocycles. The average Bonchev–Trinajstić information content (AvgIpc) is 2.85. The number of amides is 1. The number of carbonyl (C=O) groups excluding carboxylic acids is 2. The lowest BCUT2D eigenvalue weighted by atomic mass is 9.55. The molecule has 2 aromatic carbocycles. The van der Waals surface area contributed by atoms with Crippen LogP contribution in [0.1, 0.15) is 43.7 Å². The Bertz CT molecular complexity index is 1140. The summed E-state index contributed by atoms with van der Waals surface area (Å²) >= 11 is 12.2. The van der Waals surface area contributed by atoms with E-state index in [0.29, 0.717) is 29.4 Å². The molecule has 0 radical (unpaired) electrons. The maximum absolute atomic E-state index is 13.4. The van der Waals surface area contributed by atoms with Gasteiger partial charge in [-0.25, -0.2) is 0 Å². The molecule has 6 nitrogen and oxygen atoms in total. The van der Waals surface area contributed by atoms with Gasteiger partial charge in [-0.05, 0) is 74.7 Å². The normalized spacial score (nSPS) is 26.1. The number of carbonyl (C=O) groups is 2. The second-order valence-corrected chi connectivity index (χ2v) is 11.0. The van der Waals surface area contributed by atoms with Crippen molar-refractivity contribution in [1.82, 2.24) is 9.80 Å². The summed E-state index contributed by atoms with van der Waals surface area (Å²) in [4.78, 5) is 29.8. The number of esters is 1. The van der Waals surface area contributed by atoms with Gasteiger partial charge in [-0.2, -0.15) is 0 Å². The Morgan fingerprint density at radius 2 is 1.92 bits per heavy atom. The second kappa shape index (κ2) is 10.6. The van der Waals surface area contributed by atoms with Gasteiger partial charge < -0.3 is 19.3 Å². The van der Waals surface area contributed by atoms with Crippen LogP contribution >= 0.6 is 23.2 Å². The van der Waals surface area contributed by atoms with E-state index < -0.39 is 11.0 Å². The summed E-state index contributed by atoms with van der Waals surface area (Å²) < 4.78 is 11.8. The maximum Gasteiger partial charge on any atom is 0.303 e. The van der Waals surface area contributed by atoms with Gasteiger partial charge in [0.1, 0.15) is 11.4 Å². The van der Waals surface area contributed by atoms with Gasteiger partial charge in [-0.15, -0.1) is 0 Å². The number of hydrogen-bond acceptors (Lipinski definition) is 5. The Kier molecular flexibility index (Phi) is 7.89. The van der Waals surface area contributed by atoms with Gasteiger partial charge in [0.25, 0.3) is 0 Å². The zero-order chi connectivity index (χ0) is 26.1. The van der Waals surface area contributed by atoms with Gasteiger partial charge in [0, 0.05) is 32.0 Å². The van der Waals surface area contributed by atoms with Crippen molar-refractivity contribution in [1.29, 1.82) is 0 Å². The lowest BCUT2D eigenvalue weighted by molar-refractivity contribution is -0.188. The van der Waals surface area contributed by atoms with E-state index in [2.05, 4.69) is 24.1 Å². The fourth-order valence-corrected chi connectivity index (χ4v) is 6.49. The molecular formula is C28H34Cl2N2O4. The predicted octanol–water partition coefficient (Wildman–Crippen LogP) is 5.13. The first-order valence-electron chi connectivity index (χ1n) is 12.3. The molecule has 3 atom stereocenters. The van der Waals surface area contributed by atoms with Crippen molar-refractivity contribution in [3.8, 4) is 5.75 Å². The molecule has 0 unspecified atom stereocenters. The fourth-order valence-electron chi connectivity index (χ4n) is 6.17. The first-order chi connectivity index (χ1) is 17.1. The molecule has 2 aliphatic rings. The Morgan fingerprint density at radius 3 is 2.61 bits per heavy atom. The van der Waals surface area contributed by atoms with Crippen LogP contribution < -0.4 is 4.74 Å². The summed E-state index contributed by atoms with van der Waals surface area (Å²) in [7, 11) is 5.60. The average molecular weight is 533 g/mol. The molecule has 1 saturated heterocycles. The van der Waals surface area contributed by atoms with Gasteiger partial charge in [-0.3, -0.25) is 9.59 Å².